The monoisotopic (exact) mass is 256 g/mol. The van der Waals surface area contributed by atoms with Crippen LogP contribution in [0.3, 0.4) is 0 Å². The van der Waals surface area contributed by atoms with E-state index < -0.39 is 0 Å². The fraction of sp³-hybridized carbons (Fsp3) is 0.333. The van der Waals surface area contributed by atoms with E-state index in [1.807, 2.05) is 0 Å². The molecule has 0 saturated carbocycles. The van der Waals surface area contributed by atoms with Gasteiger partial charge >= 0.3 is 21.1 Å². The second-order valence-corrected chi connectivity index (χ2v) is 0.673. The van der Waals surface area contributed by atoms with Crippen molar-refractivity contribution in [1.29, 1.82) is 0 Å². The van der Waals surface area contributed by atoms with Crippen LogP contribution in [0.1, 0.15) is 0 Å². The molecular formula is C3H6NOW+. The van der Waals surface area contributed by atoms with E-state index in [0.29, 0.717) is 0 Å². The molecule has 0 aliphatic rings. The molecule has 0 aromatic rings. The van der Waals surface area contributed by atoms with Gasteiger partial charge in [-0.1, -0.05) is 0 Å². The van der Waals surface area contributed by atoms with E-state index in [1.165, 1.54) is 7.05 Å². The van der Waals surface area contributed by atoms with Gasteiger partial charge in [0.15, 0.2) is 0 Å². The molecule has 3 heteroatoms. The number of hydrogen-bond acceptors (Lipinski definition) is 1. The van der Waals surface area contributed by atoms with Gasteiger partial charge in [0.1, 0.15) is 0 Å². The molecule has 0 aliphatic heterocycles. The molecule has 6 heavy (non-hydrogen) atoms. The quantitative estimate of drug-likeness (QED) is 0.585. The number of amides is 1. The van der Waals surface area contributed by atoms with Gasteiger partial charge in [0.2, 0.25) is 0 Å². The van der Waals surface area contributed by atoms with Crippen LogP contribution in [0.25, 0.3) is 0 Å². The molecule has 0 rings (SSSR count). The summed E-state index contributed by atoms with van der Waals surface area (Å²) in [5.74, 6) is -0.245. The van der Waals surface area contributed by atoms with Crippen LogP contribution in [-0.4, -0.2) is 13.0 Å². The smallest absolute Gasteiger partial charge is 0.384 e. The van der Waals surface area contributed by atoms with Gasteiger partial charge in [0, 0.05) is 7.05 Å². The fourth-order valence-corrected chi connectivity index (χ4v) is 0. The van der Waals surface area contributed by atoms with E-state index in [4.69, 9.17) is 0 Å². The number of rotatable bonds is 0. The third-order valence-corrected chi connectivity index (χ3v) is 0.279. The summed E-state index contributed by atoms with van der Waals surface area (Å²) < 4.78 is 0. The molecule has 34 valence electrons. The van der Waals surface area contributed by atoms with Gasteiger partial charge in [-0.05, 0) is 0 Å². The van der Waals surface area contributed by atoms with Gasteiger partial charge in [-0.3, -0.25) is 0 Å². The largest absolute Gasteiger partial charge is 2.00 e. The second kappa shape index (κ2) is 5.03. The van der Waals surface area contributed by atoms with Crippen molar-refractivity contribution in [1.82, 2.24) is 5.32 Å². The Bertz CT molecular complexity index is 46.1. The van der Waals surface area contributed by atoms with Crippen molar-refractivity contribution in [3.8, 4) is 0 Å². The molecule has 0 heterocycles. The summed E-state index contributed by atoms with van der Waals surface area (Å²) in [4.78, 5) is 9.59. The van der Waals surface area contributed by atoms with Crippen molar-refractivity contribution >= 4 is 5.91 Å². The zero-order valence-corrected chi connectivity index (χ0v) is 6.46. The summed E-state index contributed by atoms with van der Waals surface area (Å²) in [7, 11) is 1.54. The average molecular weight is 256 g/mol. The van der Waals surface area contributed by atoms with Gasteiger partial charge in [-0.25, -0.2) is 0 Å². The van der Waals surface area contributed by atoms with Crippen molar-refractivity contribution in [2.75, 3.05) is 7.05 Å². The molecule has 0 unspecified atom stereocenters. The van der Waals surface area contributed by atoms with Crippen LogP contribution in [0.4, 0.5) is 0 Å². The first kappa shape index (κ1) is 9.39. The first-order valence-electron chi connectivity index (χ1n) is 1.31. The summed E-state index contributed by atoms with van der Waals surface area (Å²) in [6.45, 7) is 3.01. The number of hydrogen-bond donors (Lipinski definition) is 1. The Hall–Kier alpha value is 0.0283. The van der Waals surface area contributed by atoms with Crippen LogP contribution in [-0.2, 0) is 25.9 Å². The molecule has 0 atom stereocenters. The summed E-state index contributed by atoms with van der Waals surface area (Å²) in [6, 6.07) is 0. The van der Waals surface area contributed by atoms with E-state index in [-0.39, 0.29) is 27.0 Å². The Morgan fingerprint density at radius 1 is 1.83 bits per heavy atom. The summed E-state index contributed by atoms with van der Waals surface area (Å²) >= 11 is 0. The van der Waals surface area contributed by atoms with E-state index in [9.17, 15) is 4.79 Å². The minimum absolute atomic E-state index is 0. The van der Waals surface area contributed by atoms with Crippen LogP contribution < -0.4 is 5.32 Å². The molecule has 0 aromatic heterocycles. The number of carbonyl (C=O) groups excluding carboxylic acids is 1. The van der Waals surface area contributed by atoms with Gasteiger partial charge in [0.05, 0.1) is 5.91 Å². The standard InChI is InChI=1S/C3H6NO.W/c1-3(5)4-2;/h1H2,2H3,(H,4,5);/q-1;+2. The van der Waals surface area contributed by atoms with Crippen molar-refractivity contribution in [3.05, 3.63) is 6.92 Å². The SMILES string of the molecule is [CH2-]C(=O)NC.[W+2]. The molecule has 1 N–H and O–H groups in total. The molecule has 0 fully saturated rings. The van der Waals surface area contributed by atoms with E-state index in [0.717, 1.165) is 0 Å². The summed E-state index contributed by atoms with van der Waals surface area (Å²) in [6.07, 6.45) is 0. The topological polar surface area (TPSA) is 29.1 Å². The maximum atomic E-state index is 9.59. The minimum Gasteiger partial charge on any atom is -0.384 e. The van der Waals surface area contributed by atoms with Crippen LogP contribution in [0.2, 0.25) is 0 Å². The van der Waals surface area contributed by atoms with Crippen LogP contribution in [0.15, 0.2) is 0 Å². The Morgan fingerprint density at radius 2 is 2.00 bits per heavy atom. The maximum absolute atomic E-state index is 9.59. The first-order chi connectivity index (χ1) is 2.27. The zero-order chi connectivity index (χ0) is 4.28. The van der Waals surface area contributed by atoms with E-state index in [2.05, 4.69) is 12.2 Å². The van der Waals surface area contributed by atoms with Gasteiger partial charge in [-0.2, -0.15) is 0 Å². The van der Waals surface area contributed by atoms with Gasteiger partial charge in [0.25, 0.3) is 0 Å². The van der Waals surface area contributed by atoms with Crippen LogP contribution in [0.5, 0.6) is 0 Å². The third kappa shape index (κ3) is 8.98. The molecule has 0 spiro atoms. The predicted molar refractivity (Wildman–Crippen MR) is 19.4 cm³/mol. The molecule has 0 aliphatic carbocycles. The molecule has 1 amide bonds. The number of carbonyl (C=O) groups is 1. The van der Waals surface area contributed by atoms with Crippen molar-refractivity contribution in [2.24, 2.45) is 0 Å². The predicted octanol–water partition coefficient (Wildman–Crippen LogP) is -0.436. The summed E-state index contributed by atoms with van der Waals surface area (Å²) in [5, 5.41) is 2.28. The van der Waals surface area contributed by atoms with E-state index >= 15 is 0 Å². The molecule has 0 radical (unpaired) electrons. The normalized spacial score (nSPS) is 5.50. The molecule has 0 aromatic carbocycles. The Morgan fingerprint density at radius 3 is 2.00 bits per heavy atom. The number of nitrogens with one attached hydrogen (secondary N) is 1. The maximum Gasteiger partial charge on any atom is 2.00 e. The third-order valence-electron chi connectivity index (χ3n) is 0.279. The Kier molecular flexibility index (Phi) is 7.87. The van der Waals surface area contributed by atoms with Crippen molar-refractivity contribution in [2.45, 2.75) is 0 Å². The minimum atomic E-state index is -0.245. The molecule has 0 bridgehead atoms. The molecular weight excluding hydrogens is 250 g/mol. The average Bonchev–Trinajstić information content (AvgIpc) is 1.38. The Balaban J connectivity index is 0. The first-order valence-corrected chi connectivity index (χ1v) is 1.31. The van der Waals surface area contributed by atoms with Crippen molar-refractivity contribution in [3.63, 3.8) is 0 Å². The fourth-order valence-electron chi connectivity index (χ4n) is 0. The van der Waals surface area contributed by atoms with Crippen LogP contribution in [0, 0.1) is 6.92 Å². The van der Waals surface area contributed by atoms with E-state index in [1.54, 1.807) is 0 Å². The molecule has 2 nitrogen and oxygen atoms in total. The van der Waals surface area contributed by atoms with Crippen molar-refractivity contribution < 1.29 is 25.9 Å². The van der Waals surface area contributed by atoms with Gasteiger partial charge in [-0.15, -0.1) is 0 Å². The zero-order valence-electron chi connectivity index (χ0n) is 3.52. The summed E-state index contributed by atoms with van der Waals surface area (Å²) in [5.41, 5.74) is 0. The second-order valence-electron chi connectivity index (χ2n) is 0.673. The Labute approximate surface area is 51.6 Å². The molecule has 0 saturated heterocycles. The van der Waals surface area contributed by atoms with Gasteiger partial charge < -0.3 is 17.0 Å². The van der Waals surface area contributed by atoms with Crippen LogP contribution >= 0.6 is 0 Å².